The summed E-state index contributed by atoms with van der Waals surface area (Å²) in [4.78, 5) is 2.15. The van der Waals surface area contributed by atoms with E-state index in [1.54, 1.807) is 12.1 Å². The Bertz CT molecular complexity index is 401. The van der Waals surface area contributed by atoms with E-state index in [2.05, 4.69) is 23.5 Å². The third kappa shape index (κ3) is 3.58. The van der Waals surface area contributed by atoms with Gasteiger partial charge >= 0.3 is 6.61 Å². The second kappa shape index (κ2) is 6.22. The molecule has 0 aliphatic carbocycles. The molecule has 1 aliphatic rings. The fraction of sp³-hybridized carbons (Fsp3) is 0.600. The molecule has 0 spiro atoms. The van der Waals surface area contributed by atoms with E-state index in [0.29, 0.717) is 5.92 Å². The van der Waals surface area contributed by atoms with Crippen LogP contribution in [0.2, 0.25) is 0 Å². The average Bonchev–Trinajstić information content (AvgIpc) is 2.39. The highest BCUT2D eigenvalue weighted by atomic mass is 19.3. The number of benzene rings is 1. The van der Waals surface area contributed by atoms with Gasteiger partial charge in [0.2, 0.25) is 0 Å². The average molecular weight is 269 g/mol. The van der Waals surface area contributed by atoms with Crippen molar-refractivity contribution in [3.05, 3.63) is 24.3 Å². The summed E-state index contributed by atoms with van der Waals surface area (Å²) in [5.41, 5.74) is 0.782. The fourth-order valence-corrected chi connectivity index (χ4v) is 2.72. The second-order valence-corrected chi connectivity index (χ2v) is 5.41. The van der Waals surface area contributed by atoms with Crippen molar-refractivity contribution < 1.29 is 13.5 Å². The number of hydrogen-bond donors (Lipinski definition) is 0. The molecule has 1 fully saturated rings. The maximum absolute atomic E-state index is 12.4. The van der Waals surface area contributed by atoms with Gasteiger partial charge in [-0.15, -0.1) is 0 Å². The van der Waals surface area contributed by atoms with Crippen molar-refractivity contribution >= 4 is 5.69 Å². The van der Waals surface area contributed by atoms with Crippen LogP contribution in [0.25, 0.3) is 0 Å². The minimum absolute atomic E-state index is 0.278. The molecule has 0 bridgehead atoms. The SMILES string of the molecule is CC(C)C1CCN(c2ccccc2OC(F)F)CC1. The Hall–Kier alpha value is -1.32. The van der Waals surface area contributed by atoms with Crippen LogP contribution >= 0.6 is 0 Å². The van der Waals surface area contributed by atoms with Crippen molar-refractivity contribution in [2.24, 2.45) is 11.8 Å². The van der Waals surface area contributed by atoms with Crippen LogP contribution in [0, 0.1) is 11.8 Å². The molecule has 19 heavy (non-hydrogen) atoms. The topological polar surface area (TPSA) is 12.5 Å². The van der Waals surface area contributed by atoms with Crippen molar-refractivity contribution in [1.82, 2.24) is 0 Å². The van der Waals surface area contributed by atoms with Gasteiger partial charge in [0.1, 0.15) is 5.75 Å². The van der Waals surface area contributed by atoms with Gasteiger partial charge in [-0.1, -0.05) is 26.0 Å². The van der Waals surface area contributed by atoms with Crippen molar-refractivity contribution in [1.29, 1.82) is 0 Å². The zero-order valence-electron chi connectivity index (χ0n) is 11.5. The predicted molar refractivity (Wildman–Crippen MR) is 72.8 cm³/mol. The summed E-state index contributed by atoms with van der Waals surface area (Å²) in [6, 6.07) is 7.05. The standard InChI is InChI=1S/C15H21F2NO/c1-11(2)12-7-9-18(10-8-12)13-5-3-4-6-14(13)19-15(16)17/h3-6,11-12,15H,7-10H2,1-2H3. The van der Waals surface area contributed by atoms with Gasteiger partial charge in [0.05, 0.1) is 5.69 Å². The van der Waals surface area contributed by atoms with Gasteiger partial charge in [-0.2, -0.15) is 8.78 Å². The molecule has 1 aromatic rings. The van der Waals surface area contributed by atoms with Gasteiger partial charge in [0.15, 0.2) is 0 Å². The Morgan fingerprint density at radius 1 is 1.16 bits per heavy atom. The Balaban J connectivity index is 2.06. The minimum atomic E-state index is -2.77. The van der Waals surface area contributed by atoms with Crippen molar-refractivity contribution in [3.8, 4) is 5.75 Å². The number of anilines is 1. The molecule has 1 aromatic carbocycles. The first-order valence-corrected chi connectivity index (χ1v) is 6.86. The molecule has 1 aliphatic heterocycles. The lowest BCUT2D eigenvalue weighted by atomic mass is 9.86. The molecule has 0 N–H and O–H groups in total. The molecule has 4 heteroatoms. The van der Waals surface area contributed by atoms with Crippen LogP contribution < -0.4 is 9.64 Å². The van der Waals surface area contributed by atoms with E-state index in [1.807, 2.05) is 12.1 Å². The van der Waals surface area contributed by atoms with E-state index in [4.69, 9.17) is 0 Å². The van der Waals surface area contributed by atoms with E-state index in [0.717, 1.165) is 37.5 Å². The summed E-state index contributed by atoms with van der Waals surface area (Å²) in [6.45, 7) is 3.54. The van der Waals surface area contributed by atoms with Gasteiger partial charge in [-0.3, -0.25) is 0 Å². The van der Waals surface area contributed by atoms with Crippen LogP contribution in [0.4, 0.5) is 14.5 Å². The third-order valence-electron chi connectivity index (χ3n) is 3.90. The van der Waals surface area contributed by atoms with Crippen LogP contribution in [0.3, 0.4) is 0 Å². The van der Waals surface area contributed by atoms with Crippen molar-refractivity contribution in [2.75, 3.05) is 18.0 Å². The maximum Gasteiger partial charge on any atom is 0.387 e. The Kier molecular flexibility index (Phi) is 4.61. The summed E-state index contributed by atoms with van der Waals surface area (Å²) >= 11 is 0. The highest BCUT2D eigenvalue weighted by Crippen LogP contribution is 2.33. The smallest absolute Gasteiger partial charge is 0.387 e. The van der Waals surface area contributed by atoms with E-state index in [-0.39, 0.29) is 5.75 Å². The molecule has 0 unspecified atom stereocenters. The molecule has 0 atom stereocenters. The summed E-state index contributed by atoms with van der Waals surface area (Å²) in [6.07, 6.45) is 2.22. The lowest BCUT2D eigenvalue weighted by Crippen LogP contribution is -2.35. The van der Waals surface area contributed by atoms with E-state index < -0.39 is 6.61 Å². The molecule has 0 saturated carbocycles. The second-order valence-electron chi connectivity index (χ2n) is 5.41. The van der Waals surface area contributed by atoms with Crippen LogP contribution in [0.15, 0.2) is 24.3 Å². The quantitative estimate of drug-likeness (QED) is 0.813. The maximum atomic E-state index is 12.4. The number of para-hydroxylation sites is 2. The molecule has 0 aromatic heterocycles. The van der Waals surface area contributed by atoms with E-state index in [1.165, 1.54) is 0 Å². The highest BCUT2D eigenvalue weighted by molar-refractivity contribution is 5.58. The summed E-state index contributed by atoms with van der Waals surface area (Å²) in [7, 11) is 0. The van der Waals surface area contributed by atoms with Crippen LogP contribution in [0.1, 0.15) is 26.7 Å². The third-order valence-corrected chi connectivity index (χ3v) is 3.90. The van der Waals surface area contributed by atoms with Crippen LogP contribution in [-0.2, 0) is 0 Å². The first-order valence-electron chi connectivity index (χ1n) is 6.86. The van der Waals surface area contributed by atoms with Gasteiger partial charge in [-0.25, -0.2) is 0 Å². The summed E-state index contributed by atoms with van der Waals surface area (Å²) in [5.74, 6) is 1.70. The number of piperidine rings is 1. The lowest BCUT2D eigenvalue weighted by molar-refractivity contribution is -0.0495. The summed E-state index contributed by atoms with van der Waals surface area (Å²) < 4.78 is 29.4. The largest absolute Gasteiger partial charge is 0.433 e. The molecule has 0 radical (unpaired) electrons. The zero-order valence-corrected chi connectivity index (χ0v) is 11.5. The van der Waals surface area contributed by atoms with Gasteiger partial charge in [-0.05, 0) is 36.8 Å². The molecule has 2 rings (SSSR count). The van der Waals surface area contributed by atoms with E-state index in [9.17, 15) is 8.78 Å². The molecular formula is C15H21F2NO. The lowest BCUT2D eigenvalue weighted by Gasteiger charge is -2.36. The van der Waals surface area contributed by atoms with Crippen LogP contribution in [0.5, 0.6) is 5.75 Å². The first-order chi connectivity index (χ1) is 9.08. The van der Waals surface area contributed by atoms with Gasteiger partial charge < -0.3 is 9.64 Å². The predicted octanol–water partition coefficient (Wildman–Crippen LogP) is 4.16. The van der Waals surface area contributed by atoms with Crippen molar-refractivity contribution in [2.45, 2.75) is 33.3 Å². The number of halogens is 2. The minimum Gasteiger partial charge on any atom is -0.433 e. The first kappa shape index (κ1) is 14.1. The molecule has 1 saturated heterocycles. The number of hydrogen-bond acceptors (Lipinski definition) is 2. The molecular weight excluding hydrogens is 248 g/mol. The van der Waals surface area contributed by atoms with Crippen LogP contribution in [-0.4, -0.2) is 19.7 Å². The normalized spacial score (nSPS) is 17.3. The number of alkyl halides is 2. The molecule has 1 heterocycles. The monoisotopic (exact) mass is 269 g/mol. The zero-order chi connectivity index (χ0) is 13.8. The number of rotatable bonds is 4. The molecule has 106 valence electrons. The Labute approximate surface area is 113 Å². The highest BCUT2D eigenvalue weighted by Gasteiger charge is 2.23. The Morgan fingerprint density at radius 3 is 2.37 bits per heavy atom. The summed E-state index contributed by atoms with van der Waals surface area (Å²) in [5, 5.41) is 0. The number of nitrogens with zero attached hydrogens (tertiary/aromatic N) is 1. The molecule has 2 nitrogen and oxygen atoms in total. The van der Waals surface area contributed by atoms with Crippen molar-refractivity contribution in [3.63, 3.8) is 0 Å². The van der Waals surface area contributed by atoms with Gasteiger partial charge in [0, 0.05) is 13.1 Å². The Morgan fingerprint density at radius 2 is 1.79 bits per heavy atom. The van der Waals surface area contributed by atoms with E-state index >= 15 is 0 Å². The number of ether oxygens (including phenoxy) is 1. The fourth-order valence-electron chi connectivity index (χ4n) is 2.72. The van der Waals surface area contributed by atoms with Gasteiger partial charge in [0.25, 0.3) is 0 Å². The molecule has 0 amide bonds.